The lowest BCUT2D eigenvalue weighted by Crippen LogP contribution is -2.55. The smallest absolute Gasteiger partial charge is 0.368 e. The summed E-state index contributed by atoms with van der Waals surface area (Å²) in [6.07, 6.45) is -5.42. The van der Waals surface area contributed by atoms with E-state index in [1.807, 2.05) is 0 Å². The van der Waals surface area contributed by atoms with Crippen LogP contribution in [0.4, 0.5) is 18.9 Å². The van der Waals surface area contributed by atoms with E-state index < -0.39 is 34.5 Å². The maximum Gasteiger partial charge on any atom is 0.430 e. The van der Waals surface area contributed by atoms with Crippen LogP contribution in [0.5, 0.6) is 0 Å². The molecule has 25 heavy (non-hydrogen) atoms. The van der Waals surface area contributed by atoms with Crippen molar-refractivity contribution in [1.82, 2.24) is 0 Å². The van der Waals surface area contributed by atoms with Crippen molar-refractivity contribution in [2.75, 3.05) is 4.90 Å². The van der Waals surface area contributed by atoms with Gasteiger partial charge in [-0.25, -0.2) is 0 Å². The SMILES string of the molecule is CC1(C)CC(=O)C2=C(C1)N(c1ccc(Cl)cc1)C(=O)[C@]2(O)C(F)(F)F. The van der Waals surface area contributed by atoms with E-state index in [1.54, 1.807) is 13.8 Å². The number of hydrogen-bond acceptors (Lipinski definition) is 3. The van der Waals surface area contributed by atoms with Crippen molar-refractivity contribution in [2.24, 2.45) is 5.41 Å². The molecule has 0 fully saturated rings. The van der Waals surface area contributed by atoms with Crippen LogP contribution < -0.4 is 4.90 Å². The lowest BCUT2D eigenvalue weighted by atomic mass is 9.73. The van der Waals surface area contributed by atoms with E-state index in [0.717, 1.165) is 4.90 Å². The van der Waals surface area contributed by atoms with Gasteiger partial charge < -0.3 is 5.11 Å². The van der Waals surface area contributed by atoms with E-state index >= 15 is 0 Å². The minimum Gasteiger partial charge on any atom is -0.368 e. The van der Waals surface area contributed by atoms with E-state index in [9.17, 15) is 27.9 Å². The minimum atomic E-state index is -5.30. The minimum absolute atomic E-state index is 0.0564. The number of carbonyl (C=O) groups excluding carboxylic acids is 2. The van der Waals surface area contributed by atoms with Gasteiger partial charge in [0.15, 0.2) is 5.78 Å². The highest BCUT2D eigenvalue weighted by Crippen LogP contribution is 2.52. The van der Waals surface area contributed by atoms with Crippen molar-refractivity contribution in [3.63, 3.8) is 0 Å². The van der Waals surface area contributed by atoms with Crippen LogP contribution in [0.1, 0.15) is 26.7 Å². The second kappa shape index (κ2) is 5.32. The highest BCUT2D eigenvalue weighted by Gasteiger charge is 2.70. The van der Waals surface area contributed by atoms with Crippen LogP contribution in [0.3, 0.4) is 0 Å². The highest BCUT2D eigenvalue weighted by molar-refractivity contribution is 6.30. The zero-order valence-electron chi connectivity index (χ0n) is 13.4. The van der Waals surface area contributed by atoms with E-state index in [1.165, 1.54) is 24.3 Å². The molecule has 1 aromatic rings. The van der Waals surface area contributed by atoms with Crippen LogP contribution in [0.2, 0.25) is 5.02 Å². The third-order valence-electron chi connectivity index (χ3n) is 4.49. The van der Waals surface area contributed by atoms with Crippen molar-refractivity contribution < 1.29 is 27.9 Å². The lowest BCUT2D eigenvalue weighted by molar-refractivity contribution is -0.235. The largest absolute Gasteiger partial charge is 0.430 e. The molecule has 0 spiro atoms. The number of ketones is 1. The van der Waals surface area contributed by atoms with Crippen molar-refractivity contribution in [2.45, 2.75) is 38.5 Å². The summed E-state index contributed by atoms with van der Waals surface area (Å²) in [4.78, 5) is 25.8. The fourth-order valence-electron chi connectivity index (χ4n) is 3.41. The van der Waals surface area contributed by atoms with Gasteiger partial charge in [0, 0.05) is 22.8 Å². The molecule has 1 aliphatic heterocycles. The fourth-order valence-corrected chi connectivity index (χ4v) is 3.53. The first-order valence-corrected chi connectivity index (χ1v) is 7.92. The number of halogens is 4. The maximum atomic E-state index is 13.6. The van der Waals surface area contributed by atoms with Gasteiger partial charge in [-0.05, 0) is 36.1 Å². The molecule has 1 amide bonds. The number of Topliss-reactive ketones (excluding diaryl/α,β-unsaturated/α-hetero) is 1. The summed E-state index contributed by atoms with van der Waals surface area (Å²) in [5.41, 5.74) is -5.30. The van der Waals surface area contributed by atoms with E-state index in [0.29, 0.717) is 5.02 Å². The Morgan fingerprint density at radius 1 is 1.12 bits per heavy atom. The number of amides is 1. The molecule has 0 unspecified atom stereocenters. The van der Waals surface area contributed by atoms with Gasteiger partial charge in [-0.3, -0.25) is 14.5 Å². The molecule has 3 rings (SSSR count). The van der Waals surface area contributed by atoms with Gasteiger partial charge in [0.25, 0.3) is 11.5 Å². The molecular weight excluding hydrogens is 359 g/mol. The van der Waals surface area contributed by atoms with Crippen LogP contribution in [0.15, 0.2) is 35.5 Å². The standard InChI is InChI=1S/C17H15ClF3NO3/c1-15(2)7-11-13(12(23)8-15)16(25,17(19,20)21)14(24)22(11)10-5-3-9(18)4-6-10/h3-6,25H,7-8H2,1-2H3/t16-/m0/s1. The second-order valence-electron chi connectivity index (χ2n) is 7.09. The molecule has 8 heteroatoms. The molecule has 0 saturated heterocycles. The van der Waals surface area contributed by atoms with Crippen LogP contribution in [-0.2, 0) is 9.59 Å². The van der Waals surface area contributed by atoms with Gasteiger partial charge >= 0.3 is 6.18 Å². The molecule has 0 aromatic heterocycles. The fraction of sp³-hybridized carbons (Fsp3) is 0.412. The quantitative estimate of drug-likeness (QED) is 0.818. The third kappa shape index (κ3) is 2.57. The number of aliphatic hydroxyl groups is 1. The zero-order valence-corrected chi connectivity index (χ0v) is 14.2. The molecule has 1 aliphatic carbocycles. The van der Waals surface area contributed by atoms with Gasteiger partial charge in [-0.1, -0.05) is 25.4 Å². The second-order valence-corrected chi connectivity index (χ2v) is 7.52. The number of rotatable bonds is 1. The molecule has 4 nitrogen and oxygen atoms in total. The predicted octanol–water partition coefficient (Wildman–Crippen LogP) is 3.62. The first-order valence-electron chi connectivity index (χ1n) is 7.54. The Balaban J connectivity index is 2.25. The van der Waals surface area contributed by atoms with Crippen molar-refractivity contribution in [3.8, 4) is 0 Å². The third-order valence-corrected chi connectivity index (χ3v) is 4.74. The van der Waals surface area contributed by atoms with Crippen LogP contribution in [0.25, 0.3) is 0 Å². The van der Waals surface area contributed by atoms with Gasteiger partial charge in [-0.2, -0.15) is 13.2 Å². The molecule has 2 aliphatic rings. The summed E-state index contributed by atoms with van der Waals surface area (Å²) < 4.78 is 40.7. The summed E-state index contributed by atoms with van der Waals surface area (Å²) in [6.45, 7) is 3.45. The summed E-state index contributed by atoms with van der Waals surface area (Å²) in [5, 5.41) is 10.6. The zero-order chi connectivity index (χ0) is 18.8. The Labute approximate surface area is 146 Å². The Morgan fingerprint density at radius 2 is 1.68 bits per heavy atom. The van der Waals surface area contributed by atoms with Crippen LogP contribution >= 0.6 is 11.6 Å². The number of carbonyl (C=O) groups is 2. The molecule has 134 valence electrons. The molecule has 0 radical (unpaired) electrons. The Bertz CT molecular complexity index is 798. The molecular formula is C17H15ClF3NO3. The van der Waals surface area contributed by atoms with Crippen molar-refractivity contribution in [1.29, 1.82) is 0 Å². The number of benzene rings is 1. The summed E-state index contributed by atoms with van der Waals surface area (Å²) >= 11 is 5.79. The Kier molecular flexibility index (Phi) is 3.82. The number of alkyl halides is 3. The average molecular weight is 374 g/mol. The first kappa shape index (κ1) is 17.9. The number of hydrogen-bond donors (Lipinski definition) is 1. The summed E-state index contributed by atoms with van der Waals surface area (Å²) in [7, 11) is 0. The average Bonchev–Trinajstić information content (AvgIpc) is 2.68. The number of allylic oxidation sites excluding steroid dienone is 1. The molecule has 1 N–H and O–H groups in total. The lowest BCUT2D eigenvalue weighted by Gasteiger charge is -2.33. The van der Waals surface area contributed by atoms with Gasteiger partial charge in [0.05, 0.1) is 5.57 Å². The molecule has 1 atom stereocenters. The maximum absolute atomic E-state index is 13.6. The monoisotopic (exact) mass is 373 g/mol. The summed E-state index contributed by atoms with van der Waals surface area (Å²) in [5.74, 6) is -2.45. The number of nitrogens with zero attached hydrogens (tertiary/aromatic N) is 1. The van der Waals surface area contributed by atoms with Gasteiger partial charge in [0.2, 0.25) is 0 Å². The first-order chi connectivity index (χ1) is 11.4. The topological polar surface area (TPSA) is 57.6 Å². The molecule has 1 heterocycles. The van der Waals surface area contributed by atoms with E-state index in [4.69, 9.17) is 11.6 Å². The normalized spacial score (nSPS) is 26.3. The summed E-state index contributed by atoms with van der Waals surface area (Å²) in [6, 6.07) is 5.59. The molecule has 0 saturated carbocycles. The van der Waals surface area contributed by atoms with Crippen molar-refractivity contribution in [3.05, 3.63) is 40.6 Å². The van der Waals surface area contributed by atoms with E-state index in [-0.39, 0.29) is 24.2 Å². The van der Waals surface area contributed by atoms with Crippen LogP contribution in [-0.4, -0.2) is 28.6 Å². The van der Waals surface area contributed by atoms with Crippen LogP contribution in [0, 0.1) is 5.41 Å². The van der Waals surface area contributed by atoms with Crippen molar-refractivity contribution >= 4 is 29.0 Å². The van der Waals surface area contributed by atoms with Gasteiger partial charge in [-0.15, -0.1) is 0 Å². The predicted molar refractivity (Wildman–Crippen MR) is 85.0 cm³/mol. The highest BCUT2D eigenvalue weighted by atomic mass is 35.5. The molecule has 0 bridgehead atoms. The molecule has 1 aromatic carbocycles. The number of anilines is 1. The Morgan fingerprint density at radius 3 is 2.20 bits per heavy atom. The van der Waals surface area contributed by atoms with E-state index in [2.05, 4.69) is 0 Å². The Hall–Kier alpha value is -1.86. The van der Waals surface area contributed by atoms with Gasteiger partial charge in [0.1, 0.15) is 0 Å².